The molecule has 8 heteroatoms. The highest BCUT2D eigenvalue weighted by molar-refractivity contribution is 7.89. The van der Waals surface area contributed by atoms with Gasteiger partial charge in [0.2, 0.25) is 10.0 Å². The average Bonchev–Trinajstić information content (AvgIpc) is 3.13. The third-order valence-corrected chi connectivity index (χ3v) is 6.46. The van der Waals surface area contributed by atoms with E-state index in [9.17, 15) is 8.42 Å². The van der Waals surface area contributed by atoms with Crippen LogP contribution in [0.3, 0.4) is 0 Å². The number of hydrogen-bond donors (Lipinski definition) is 1. The SMILES string of the molecule is C[C@H](Nc1ccc(S(=O)(=O)N2CCOCC2)cn1)c1cc2ccccc2o1. The fraction of sp³-hybridized carbons (Fsp3) is 0.316. The highest BCUT2D eigenvalue weighted by Gasteiger charge is 2.26. The molecule has 1 atom stereocenters. The molecule has 0 bridgehead atoms. The summed E-state index contributed by atoms with van der Waals surface area (Å²) >= 11 is 0. The topological polar surface area (TPSA) is 84.7 Å². The second-order valence-electron chi connectivity index (χ2n) is 6.45. The molecule has 0 spiro atoms. The zero-order chi connectivity index (χ0) is 18.9. The maximum absolute atomic E-state index is 12.6. The normalized spacial score (nSPS) is 17.1. The Morgan fingerprint density at radius 1 is 1.15 bits per heavy atom. The molecule has 7 nitrogen and oxygen atoms in total. The predicted octanol–water partition coefficient (Wildman–Crippen LogP) is 3.02. The van der Waals surface area contributed by atoms with Gasteiger partial charge in [-0.1, -0.05) is 18.2 Å². The van der Waals surface area contributed by atoms with Crippen LogP contribution in [-0.2, 0) is 14.8 Å². The summed E-state index contributed by atoms with van der Waals surface area (Å²) in [6, 6.07) is 13.0. The summed E-state index contributed by atoms with van der Waals surface area (Å²) in [4.78, 5) is 4.46. The van der Waals surface area contributed by atoms with Crippen LogP contribution in [0.1, 0.15) is 18.7 Å². The Kier molecular flexibility index (Phi) is 4.86. The van der Waals surface area contributed by atoms with Crippen LogP contribution in [0, 0.1) is 0 Å². The number of sulfonamides is 1. The largest absolute Gasteiger partial charge is 0.459 e. The number of ether oxygens (including phenoxy) is 1. The van der Waals surface area contributed by atoms with E-state index in [1.165, 1.54) is 10.5 Å². The standard InChI is InChI=1S/C19H21N3O4S/c1-14(18-12-15-4-2-3-5-17(15)26-18)21-19-7-6-16(13-20-19)27(23,24)22-8-10-25-11-9-22/h2-7,12-14H,8-11H2,1H3,(H,20,21)/t14-/m0/s1. The third-order valence-electron chi connectivity index (χ3n) is 4.58. The van der Waals surface area contributed by atoms with Crippen LogP contribution in [0.25, 0.3) is 11.0 Å². The highest BCUT2D eigenvalue weighted by Crippen LogP contribution is 2.26. The van der Waals surface area contributed by atoms with Gasteiger partial charge in [0.15, 0.2) is 0 Å². The first kappa shape index (κ1) is 18.0. The van der Waals surface area contributed by atoms with E-state index in [0.29, 0.717) is 32.1 Å². The van der Waals surface area contributed by atoms with Crippen molar-refractivity contribution < 1.29 is 17.6 Å². The van der Waals surface area contributed by atoms with Gasteiger partial charge in [-0.15, -0.1) is 0 Å². The van der Waals surface area contributed by atoms with Gasteiger partial charge in [0.1, 0.15) is 22.1 Å². The molecule has 0 saturated carbocycles. The van der Waals surface area contributed by atoms with Gasteiger partial charge in [0.05, 0.1) is 19.3 Å². The molecule has 0 aliphatic carbocycles. The third kappa shape index (κ3) is 3.69. The number of anilines is 1. The second-order valence-corrected chi connectivity index (χ2v) is 8.39. The van der Waals surface area contributed by atoms with Gasteiger partial charge in [0.25, 0.3) is 0 Å². The minimum absolute atomic E-state index is 0.105. The summed E-state index contributed by atoms with van der Waals surface area (Å²) in [5.74, 6) is 1.38. The van der Waals surface area contributed by atoms with Gasteiger partial charge in [-0.2, -0.15) is 4.31 Å². The first-order chi connectivity index (χ1) is 13.0. The molecule has 3 aromatic rings. The molecular weight excluding hydrogens is 366 g/mol. The molecule has 2 aromatic heterocycles. The Hall–Kier alpha value is -2.42. The number of nitrogens with one attached hydrogen (secondary N) is 1. The van der Waals surface area contributed by atoms with Crippen LogP contribution in [0.4, 0.5) is 5.82 Å². The number of aromatic nitrogens is 1. The first-order valence-corrected chi connectivity index (χ1v) is 10.3. The summed E-state index contributed by atoms with van der Waals surface area (Å²) in [5, 5.41) is 4.29. The van der Waals surface area contributed by atoms with Gasteiger partial charge >= 0.3 is 0 Å². The molecule has 1 saturated heterocycles. The smallest absolute Gasteiger partial charge is 0.244 e. The van der Waals surface area contributed by atoms with E-state index >= 15 is 0 Å². The molecule has 142 valence electrons. The number of para-hydroxylation sites is 1. The lowest BCUT2D eigenvalue weighted by molar-refractivity contribution is 0.0730. The Balaban J connectivity index is 1.48. The number of furan rings is 1. The van der Waals surface area contributed by atoms with E-state index in [4.69, 9.17) is 9.15 Å². The predicted molar refractivity (Wildman–Crippen MR) is 102 cm³/mol. The van der Waals surface area contributed by atoms with Crippen LogP contribution >= 0.6 is 0 Å². The van der Waals surface area contributed by atoms with Crippen molar-refractivity contribution in [1.29, 1.82) is 0 Å². The van der Waals surface area contributed by atoms with Crippen molar-refractivity contribution >= 4 is 26.8 Å². The van der Waals surface area contributed by atoms with Gasteiger partial charge in [-0.3, -0.25) is 0 Å². The lowest BCUT2D eigenvalue weighted by atomic mass is 10.2. The van der Waals surface area contributed by atoms with Gasteiger partial charge in [-0.25, -0.2) is 13.4 Å². The fourth-order valence-electron chi connectivity index (χ4n) is 3.06. The summed E-state index contributed by atoms with van der Waals surface area (Å²) in [6.45, 7) is 3.54. The quantitative estimate of drug-likeness (QED) is 0.724. The van der Waals surface area contributed by atoms with E-state index in [0.717, 1.165) is 16.7 Å². The van der Waals surface area contributed by atoms with Crippen molar-refractivity contribution in [3.8, 4) is 0 Å². The number of hydrogen-bond acceptors (Lipinski definition) is 6. The van der Waals surface area contributed by atoms with E-state index < -0.39 is 10.0 Å². The minimum atomic E-state index is -3.53. The minimum Gasteiger partial charge on any atom is -0.459 e. The van der Waals surface area contributed by atoms with Crippen molar-refractivity contribution in [3.63, 3.8) is 0 Å². The van der Waals surface area contributed by atoms with Crippen LogP contribution in [0.5, 0.6) is 0 Å². The Morgan fingerprint density at radius 2 is 1.93 bits per heavy atom. The molecule has 3 heterocycles. The van der Waals surface area contributed by atoms with E-state index in [-0.39, 0.29) is 10.9 Å². The molecule has 27 heavy (non-hydrogen) atoms. The fourth-order valence-corrected chi connectivity index (χ4v) is 4.42. The summed E-state index contributed by atoms with van der Waals surface area (Å²) in [5.41, 5.74) is 0.834. The highest BCUT2D eigenvalue weighted by atomic mass is 32.2. The monoisotopic (exact) mass is 387 g/mol. The first-order valence-electron chi connectivity index (χ1n) is 8.83. The zero-order valence-electron chi connectivity index (χ0n) is 15.0. The van der Waals surface area contributed by atoms with Crippen molar-refractivity contribution in [2.45, 2.75) is 17.9 Å². The van der Waals surface area contributed by atoms with E-state index in [2.05, 4.69) is 10.3 Å². The van der Waals surface area contributed by atoms with Crippen molar-refractivity contribution in [2.24, 2.45) is 0 Å². The van der Waals surface area contributed by atoms with Crippen molar-refractivity contribution in [3.05, 3.63) is 54.4 Å². The van der Waals surface area contributed by atoms with E-state index in [1.807, 2.05) is 37.3 Å². The Morgan fingerprint density at radius 3 is 2.63 bits per heavy atom. The van der Waals surface area contributed by atoms with Gasteiger partial charge in [0, 0.05) is 24.7 Å². The number of benzene rings is 1. The lowest BCUT2D eigenvalue weighted by Crippen LogP contribution is -2.40. The second kappa shape index (κ2) is 7.30. The molecule has 0 amide bonds. The molecular formula is C19H21N3O4S. The van der Waals surface area contributed by atoms with Crippen LogP contribution in [-0.4, -0.2) is 44.0 Å². The molecule has 1 aliphatic heterocycles. The maximum atomic E-state index is 12.6. The maximum Gasteiger partial charge on any atom is 0.244 e. The molecule has 0 unspecified atom stereocenters. The molecule has 1 aromatic carbocycles. The Labute approximate surface area is 158 Å². The zero-order valence-corrected chi connectivity index (χ0v) is 15.8. The molecule has 4 rings (SSSR count). The average molecular weight is 387 g/mol. The number of nitrogens with zero attached hydrogens (tertiary/aromatic N) is 2. The summed E-state index contributed by atoms with van der Waals surface area (Å²) in [6.07, 6.45) is 1.39. The summed E-state index contributed by atoms with van der Waals surface area (Å²) < 4.78 is 37.8. The van der Waals surface area contributed by atoms with Crippen molar-refractivity contribution in [2.75, 3.05) is 31.6 Å². The van der Waals surface area contributed by atoms with E-state index in [1.54, 1.807) is 12.1 Å². The number of morpholine rings is 1. The molecule has 1 aliphatic rings. The summed E-state index contributed by atoms with van der Waals surface area (Å²) in [7, 11) is -3.53. The van der Waals surface area contributed by atoms with Crippen LogP contribution in [0.2, 0.25) is 0 Å². The van der Waals surface area contributed by atoms with Crippen LogP contribution in [0.15, 0.2) is 58.0 Å². The van der Waals surface area contributed by atoms with Gasteiger partial charge in [-0.05, 0) is 31.2 Å². The number of fused-ring (bicyclic) bond motifs is 1. The number of rotatable bonds is 5. The molecule has 1 fully saturated rings. The lowest BCUT2D eigenvalue weighted by Gasteiger charge is -2.25. The van der Waals surface area contributed by atoms with Crippen molar-refractivity contribution in [1.82, 2.24) is 9.29 Å². The molecule has 1 N–H and O–H groups in total. The Bertz CT molecular complexity index is 992. The molecule has 0 radical (unpaired) electrons. The van der Waals surface area contributed by atoms with Gasteiger partial charge < -0.3 is 14.5 Å². The van der Waals surface area contributed by atoms with Crippen LogP contribution < -0.4 is 5.32 Å². The number of pyridine rings is 1.